The third kappa shape index (κ3) is 2.56. The number of hydrogen-bond donors (Lipinski definition) is 0. The highest BCUT2D eigenvalue weighted by Gasteiger charge is 2.35. The molecule has 3 aromatic rings. The Morgan fingerprint density at radius 1 is 0.818 bits per heavy atom. The lowest BCUT2D eigenvalue weighted by molar-refractivity contribution is 1.10. The van der Waals surface area contributed by atoms with Gasteiger partial charge < -0.3 is 0 Å². The van der Waals surface area contributed by atoms with Gasteiger partial charge in [0, 0.05) is 11.2 Å². The van der Waals surface area contributed by atoms with Gasteiger partial charge in [-0.2, -0.15) is 0 Å². The number of fused-ring (bicyclic) bond motifs is 1. The zero-order valence-electron chi connectivity index (χ0n) is 13.0. The third-order valence-electron chi connectivity index (χ3n) is 4.28. The zero-order chi connectivity index (χ0) is 15.6. The first-order valence-corrected chi connectivity index (χ1v) is 10.6. The van der Waals surface area contributed by atoms with Gasteiger partial charge in [0.1, 0.15) is 0 Å². The molecule has 0 fully saturated rings. The highest BCUT2D eigenvalue weighted by Crippen LogP contribution is 2.37. The summed E-state index contributed by atoms with van der Waals surface area (Å²) in [6, 6.07) is 25.4. The molecule has 0 radical (unpaired) electrons. The second kappa shape index (κ2) is 5.79. The summed E-state index contributed by atoms with van der Waals surface area (Å²) in [5.41, 5.74) is 5.35. The number of hydrogen-bond acceptors (Lipinski definition) is 1. The Morgan fingerprint density at radius 3 is 2.18 bits per heavy atom. The van der Waals surface area contributed by atoms with Gasteiger partial charge in [0.2, 0.25) is 0 Å². The Morgan fingerprint density at radius 2 is 1.45 bits per heavy atom. The van der Waals surface area contributed by atoms with E-state index < -0.39 is 8.07 Å². The van der Waals surface area contributed by atoms with Gasteiger partial charge in [0.15, 0.2) is 8.07 Å². The van der Waals surface area contributed by atoms with Gasteiger partial charge in [-0.05, 0) is 21.9 Å². The Balaban J connectivity index is 2.28. The number of nitriles is 1. The van der Waals surface area contributed by atoms with Gasteiger partial charge >= 0.3 is 0 Å². The van der Waals surface area contributed by atoms with E-state index in [-0.39, 0.29) is 5.54 Å². The molecule has 0 saturated heterocycles. The molecular formula is C20H19NSi. The summed E-state index contributed by atoms with van der Waals surface area (Å²) >= 11 is 0. The highest BCUT2D eigenvalue weighted by molar-refractivity contribution is 6.86. The van der Waals surface area contributed by atoms with Crippen LogP contribution >= 0.6 is 0 Å². The molecule has 0 aliphatic carbocycles. The molecule has 0 bridgehead atoms. The number of nitrogens with zero attached hydrogens (tertiary/aromatic N) is 1. The maximum atomic E-state index is 9.77. The van der Waals surface area contributed by atoms with E-state index in [1.165, 1.54) is 21.9 Å². The smallest absolute Gasteiger partial charge is 0.179 e. The van der Waals surface area contributed by atoms with E-state index in [1.54, 1.807) is 0 Å². The van der Waals surface area contributed by atoms with Gasteiger partial charge in [-0.3, -0.25) is 0 Å². The van der Waals surface area contributed by atoms with Crippen molar-refractivity contribution in [2.45, 2.75) is 18.6 Å². The van der Waals surface area contributed by atoms with Crippen LogP contribution < -0.4 is 0 Å². The zero-order valence-corrected chi connectivity index (χ0v) is 14.0. The summed E-state index contributed by atoms with van der Waals surface area (Å²) in [7, 11) is -2.10. The van der Waals surface area contributed by atoms with Crippen LogP contribution in [0.5, 0.6) is 0 Å². The predicted molar refractivity (Wildman–Crippen MR) is 95.3 cm³/mol. The summed E-state index contributed by atoms with van der Waals surface area (Å²) in [6.45, 7) is 4.32. The average Bonchev–Trinajstić information content (AvgIpc) is 2.56. The van der Waals surface area contributed by atoms with Crippen molar-refractivity contribution in [2.75, 3.05) is 0 Å². The van der Waals surface area contributed by atoms with Crippen LogP contribution in [-0.2, 0) is 0 Å². The van der Waals surface area contributed by atoms with E-state index in [9.17, 15) is 5.26 Å². The Kier molecular flexibility index (Phi) is 3.83. The Labute approximate surface area is 132 Å². The predicted octanol–water partition coefficient (Wildman–Crippen LogP) is 5.28. The third-order valence-corrected chi connectivity index (χ3v) is 6.94. The first kappa shape index (κ1) is 14.6. The molecule has 0 aromatic heterocycles. The lowest BCUT2D eigenvalue weighted by atomic mass is 9.98. The number of rotatable bonds is 3. The van der Waals surface area contributed by atoms with Crippen LogP contribution in [0.2, 0.25) is 13.1 Å². The summed E-state index contributed by atoms with van der Waals surface area (Å²) in [4.78, 5) is 0. The quantitative estimate of drug-likeness (QED) is 0.604. The van der Waals surface area contributed by atoms with E-state index in [4.69, 9.17) is 0 Å². The monoisotopic (exact) mass is 301 g/mol. The molecule has 1 atom stereocenters. The fourth-order valence-corrected chi connectivity index (χ4v) is 5.38. The lowest BCUT2D eigenvalue weighted by Gasteiger charge is -2.28. The van der Waals surface area contributed by atoms with Gasteiger partial charge in [0.05, 0.1) is 0 Å². The maximum absolute atomic E-state index is 9.77. The van der Waals surface area contributed by atoms with Crippen LogP contribution in [0, 0.1) is 11.0 Å². The van der Waals surface area contributed by atoms with Crippen LogP contribution in [0.3, 0.4) is 0 Å². The van der Waals surface area contributed by atoms with Gasteiger partial charge in [-0.25, -0.2) is 5.26 Å². The number of benzene rings is 3. The minimum atomic E-state index is -2.10. The minimum Gasteiger partial charge on any atom is -0.207 e. The molecule has 0 N–H and O–H groups in total. The molecule has 108 valence electrons. The molecule has 0 aliphatic heterocycles. The second-order valence-corrected chi connectivity index (χ2v) is 10.5. The molecule has 1 unspecified atom stereocenters. The molecule has 0 amide bonds. The molecule has 0 spiro atoms. The largest absolute Gasteiger partial charge is 0.207 e. The van der Waals surface area contributed by atoms with Crippen molar-refractivity contribution in [3.63, 3.8) is 0 Å². The van der Waals surface area contributed by atoms with Crippen LogP contribution in [0.1, 0.15) is 16.7 Å². The molecule has 3 aromatic carbocycles. The fraction of sp³-hybridized carbons (Fsp3) is 0.150. The van der Waals surface area contributed by atoms with Crippen molar-refractivity contribution in [3.8, 4) is 5.69 Å². The second-order valence-electron chi connectivity index (χ2n) is 6.25. The first-order valence-electron chi connectivity index (χ1n) is 7.57. The maximum Gasteiger partial charge on any atom is 0.179 e. The van der Waals surface area contributed by atoms with E-state index >= 15 is 0 Å². The van der Waals surface area contributed by atoms with Crippen LogP contribution in [-0.4, -0.2) is 8.07 Å². The average molecular weight is 301 g/mol. The molecule has 0 heterocycles. The van der Waals surface area contributed by atoms with Gasteiger partial charge in [0.25, 0.3) is 0 Å². The van der Waals surface area contributed by atoms with Crippen LogP contribution in [0.15, 0.2) is 72.8 Å². The van der Waals surface area contributed by atoms with Crippen molar-refractivity contribution in [1.82, 2.24) is 0 Å². The summed E-state index contributed by atoms with van der Waals surface area (Å²) in [6.07, 6.45) is 0. The Bertz CT molecular complexity index is 826. The Hall–Kier alpha value is -2.37. The molecule has 0 saturated carbocycles. The van der Waals surface area contributed by atoms with Crippen molar-refractivity contribution < 1.29 is 0 Å². The first-order chi connectivity index (χ1) is 10.6. The van der Waals surface area contributed by atoms with E-state index in [0.717, 1.165) is 0 Å². The molecule has 22 heavy (non-hydrogen) atoms. The van der Waals surface area contributed by atoms with E-state index in [1.807, 2.05) is 6.07 Å². The fourth-order valence-electron chi connectivity index (χ4n) is 3.20. The van der Waals surface area contributed by atoms with E-state index in [0.29, 0.717) is 0 Å². The molecular weight excluding hydrogens is 282 g/mol. The van der Waals surface area contributed by atoms with Crippen LogP contribution in [0.25, 0.3) is 10.8 Å². The topological polar surface area (TPSA) is 23.8 Å². The van der Waals surface area contributed by atoms with E-state index in [2.05, 4.69) is 85.5 Å². The van der Waals surface area contributed by atoms with Crippen molar-refractivity contribution in [1.29, 1.82) is 5.26 Å². The van der Waals surface area contributed by atoms with Gasteiger partial charge in [-0.1, -0.05) is 85.9 Å². The lowest BCUT2D eigenvalue weighted by Crippen LogP contribution is -2.34. The molecule has 3 rings (SSSR count). The van der Waals surface area contributed by atoms with Gasteiger partial charge in [-0.15, -0.1) is 0 Å². The molecule has 1 nitrogen and oxygen atoms in total. The SMILES string of the molecule is C[Si](C)(C#N)C(c1ccccc1)c1cccc2ccccc12. The summed E-state index contributed by atoms with van der Waals surface area (Å²) < 4.78 is 0. The standard InChI is InChI=1S/C20H19NSi/c1-22(2,15-21)20(17-10-4-3-5-11-17)19-14-8-12-16-9-6-7-13-18(16)19/h3-14,20H,1-2H3. The van der Waals surface area contributed by atoms with Crippen LogP contribution in [0.4, 0.5) is 0 Å². The van der Waals surface area contributed by atoms with Crippen molar-refractivity contribution in [3.05, 3.63) is 83.9 Å². The minimum absolute atomic E-state index is 0.185. The normalized spacial score (nSPS) is 12.8. The van der Waals surface area contributed by atoms with Crippen molar-refractivity contribution >= 4 is 18.8 Å². The summed E-state index contributed by atoms with van der Waals surface area (Å²) in [5.74, 6) is 0. The summed E-state index contributed by atoms with van der Waals surface area (Å²) in [5, 5.41) is 12.3. The molecule has 0 aliphatic rings. The highest BCUT2D eigenvalue weighted by atomic mass is 28.3. The molecule has 2 heteroatoms. The van der Waals surface area contributed by atoms with Crippen molar-refractivity contribution in [2.24, 2.45) is 0 Å².